The third-order valence-corrected chi connectivity index (χ3v) is 10.1. The van der Waals surface area contributed by atoms with Crippen LogP contribution in [0.4, 0.5) is 24.5 Å². The third-order valence-electron chi connectivity index (χ3n) is 7.85. The molecule has 44 heavy (non-hydrogen) atoms. The Balaban J connectivity index is 1.59. The fourth-order valence-corrected chi connectivity index (χ4v) is 8.35. The number of anilines is 2. The van der Waals surface area contributed by atoms with Crippen LogP contribution < -0.4 is 9.62 Å². The normalized spacial score (nSPS) is 21.3. The smallest absolute Gasteiger partial charge is 0.407 e. The van der Waals surface area contributed by atoms with Crippen LogP contribution >= 0.6 is 0 Å². The first-order valence-corrected chi connectivity index (χ1v) is 15.3. The van der Waals surface area contributed by atoms with E-state index in [0.29, 0.717) is 28.0 Å². The summed E-state index contributed by atoms with van der Waals surface area (Å²) in [5.74, 6) is -2.56. The first-order valence-electron chi connectivity index (χ1n) is 13.8. The topological polar surface area (TPSA) is 127 Å². The van der Waals surface area contributed by atoms with Gasteiger partial charge in [0.25, 0.3) is 0 Å². The largest absolute Gasteiger partial charge is 0.508 e. The number of benzene rings is 3. The molecule has 4 unspecified atom stereocenters. The molecule has 1 saturated carbocycles. The number of aliphatic hydroxyl groups is 1. The average Bonchev–Trinajstić information content (AvgIpc) is 3.41. The highest BCUT2D eigenvalue weighted by Crippen LogP contribution is 2.58. The van der Waals surface area contributed by atoms with Crippen LogP contribution in [-0.2, 0) is 14.8 Å². The summed E-state index contributed by atoms with van der Waals surface area (Å²) in [5.41, 5.74) is 3.23. The first kappa shape index (κ1) is 31.1. The van der Waals surface area contributed by atoms with Crippen LogP contribution in [0.2, 0.25) is 0 Å². The van der Waals surface area contributed by atoms with Gasteiger partial charge in [0.15, 0.2) is 0 Å². The van der Waals surface area contributed by atoms with Crippen molar-refractivity contribution in [3.63, 3.8) is 0 Å². The summed E-state index contributed by atoms with van der Waals surface area (Å²) in [6, 6.07) is 17.4. The number of sulfonamides is 1. The number of alkyl halides is 3. The van der Waals surface area contributed by atoms with E-state index in [1.54, 1.807) is 50.2 Å². The second kappa shape index (κ2) is 11.7. The summed E-state index contributed by atoms with van der Waals surface area (Å²) < 4.78 is 69.6. The number of nitrogens with zero attached hydrogens (tertiary/aromatic N) is 1. The van der Waals surface area contributed by atoms with E-state index >= 15 is 0 Å². The SMILES string of the molecule is CC(C)=CC(=O)Nc1ccc(C2=C(c3ccc(O)cc3)C3C(O)C2CC3S(=O)(=O)N(CC(F)(F)F)c2cccc(O)c2)cc1. The summed E-state index contributed by atoms with van der Waals surface area (Å²) in [7, 11) is -4.75. The van der Waals surface area contributed by atoms with Gasteiger partial charge in [0.2, 0.25) is 15.9 Å². The molecule has 12 heteroatoms. The lowest BCUT2D eigenvalue weighted by atomic mass is 9.83. The number of carbonyl (C=O) groups is 1. The molecule has 0 saturated heterocycles. The number of amides is 1. The number of hydrogen-bond donors (Lipinski definition) is 4. The molecular weight excluding hydrogens is 597 g/mol. The van der Waals surface area contributed by atoms with Gasteiger partial charge in [-0.05, 0) is 78.9 Å². The molecule has 4 N–H and O–H groups in total. The van der Waals surface area contributed by atoms with Gasteiger partial charge in [0.05, 0.1) is 17.0 Å². The molecule has 2 aliphatic carbocycles. The summed E-state index contributed by atoms with van der Waals surface area (Å²) in [5, 5.41) is 32.6. The van der Waals surface area contributed by atoms with Gasteiger partial charge < -0.3 is 20.6 Å². The second-order valence-corrected chi connectivity index (χ2v) is 13.3. The van der Waals surface area contributed by atoms with E-state index in [1.807, 2.05) is 0 Å². The van der Waals surface area contributed by atoms with E-state index in [1.165, 1.54) is 36.4 Å². The number of fused-ring (bicyclic) bond motifs is 2. The number of halogens is 3. The van der Waals surface area contributed by atoms with E-state index in [2.05, 4.69) is 5.32 Å². The summed E-state index contributed by atoms with van der Waals surface area (Å²) in [4.78, 5) is 12.2. The maximum absolute atomic E-state index is 14.1. The van der Waals surface area contributed by atoms with Crippen molar-refractivity contribution in [2.45, 2.75) is 37.8 Å². The highest BCUT2D eigenvalue weighted by atomic mass is 32.2. The summed E-state index contributed by atoms with van der Waals surface area (Å²) >= 11 is 0. The number of phenols is 2. The Kier molecular flexibility index (Phi) is 8.25. The quantitative estimate of drug-likeness (QED) is 0.238. The molecular formula is C32H31F3N2O6S. The molecule has 8 nitrogen and oxygen atoms in total. The molecule has 0 heterocycles. The summed E-state index contributed by atoms with van der Waals surface area (Å²) in [6.45, 7) is 1.77. The van der Waals surface area contributed by atoms with Crippen molar-refractivity contribution in [1.82, 2.24) is 0 Å². The minimum atomic E-state index is -4.89. The fraction of sp³-hybridized carbons (Fsp3) is 0.281. The Morgan fingerprint density at radius 2 is 1.57 bits per heavy atom. The van der Waals surface area contributed by atoms with Crippen molar-refractivity contribution in [2.75, 3.05) is 16.2 Å². The van der Waals surface area contributed by atoms with Crippen LogP contribution in [-0.4, -0.2) is 53.7 Å². The highest BCUT2D eigenvalue weighted by molar-refractivity contribution is 7.93. The van der Waals surface area contributed by atoms with Gasteiger partial charge in [-0.15, -0.1) is 0 Å². The summed E-state index contributed by atoms with van der Waals surface area (Å²) in [6.07, 6.45) is -4.80. The second-order valence-electron chi connectivity index (χ2n) is 11.2. The Morgan fingerprint density at radius 1 is 0.955 bits per heavy atom. The molecule has 3 aromatic rings. The number of aliphatic hydroxyl groups excluding tert-OH is 1. The Bertz CT molecular complexity index is 1730. The lowest BCUT2D eigenvalue weighted by Crippen LogP contribution is -2.46. The van der Waals surface area contributed by atoms with Gasteiger partial charge in [-0.2, -0.15) is 13.2 Å². The number of nitrogens with one attached hydrogen (secondary N) is 1. The lowest BCUT2D eigenvalue weighted by molar-refractivity contribution is -0.117. The number of rotatable bonds is 8. The third kappa shape index (κ3) is 6.18. The van der Waals surface area contributed by atoms with Crippen LogP contribution in [0.15, 0.2) is 84.4 Å². The monoisotopic (exact) mass is 628 g/mol. The molecule has 2 bridgehead atoms. The van der Waals surface area contributed by atoms with Gasteiger partial charge in [-0.3, -0.25) is 9.10 Å². The predicted octanol–water partition coefficient (Wildman–Crippen LogP) is 5.69. The van der Waals surface area contributed by atoms with Crippen molar-refractivity contribution in [3.8, 4) is 11.5 Å². The highest BCUT2D eigenvalue weighted by Gasteiger charge is 2.58. The van der Waals surface area contributed by atoms with Crippen molar-refractivity contribution >= 4 is 38.5 Å². The van der Waals surface area contributed by atoms with E-state index < -0.39 is 51.7 Å². The van der Waals surface area contributed by atoms with Crippen LogP contribution in [0, 0.1) is 11.8 Å². The molecule has 0 aromatic heterocycles. The minimum absolute atomic E-state index is 0.0412. The van der Waals surface area contributed by atoms with Crippen molar-refractivity contribution in [1.29, 1.82) is 0 Å². The molecule has 1 amide bonds. The fourth-order valence-electron chi connectivity index (χ4n) is 6.17. The van der Waals surface area contributed by atoms with E-state index in [4.69, 9.17) is 0 Å². The number of carbonyl (C=O) groups excluding carboxylic acids is 1. The van der Waals surface area contributed by atoms with E-state index in [-0.39, 0.29) is 28.1 Å². The van der Waals surface area contributed by atoms with Gasteiger partial charge >= 0.3 is 6.18 Å². The number of phenolic OH excluding ortho intramolecular Hbond substituents is 2. The zero-order valence-electron chi connectivity index (χ0n) is 23.8. The Labute approximate surface area is 252 Å². The number of allylic oxidation sites excluding steroid dienone is 1. The van der Waals surface area contributed by atoms with Gasteiger partial charge in [-0.25, -0.2) is 8.42 Å². The van der Waals surface area contributed by atoms with Gasteiger partial charge in [-0.1, -0.05) is 35.9 Å². The van der Waals surface area contributed by atoms with Crippen LogP contribution in [0.1, 0.15) is 31.4 Å². The zero-order valence-corrected chi connectivity index (χ0v) is 24.6. The maximum atomic E-state index is 14.1. The van der Waals surface area contributed by atoms with Crippen molar-refractivity contribution in [3.05, 3.63) is 95.6 Å². The molecule has 4 atom stereocenters. The van der Waals surface area contributed by atoms with E-state index in [0.717, 1.165) is 11.6 Å². The average molecular weight is 629 g/mol. The predicted molar refractivity (Wildman–Crippen MR) is 161 cm³/mol. The molecule has 5 rings (SSSR count). The van der Waals surface area contributed by atoms with Crippen molar-refractivity contribution < 1.29 is 41.7 Å². The standard InChI is InChI=1S/C32H31F3N2O6S/c1-18(2)14-27(40)36-21-10-6-19(7-11-21)28-25-16-26(30(31(25)41)29(28)20-8-12-23(38)13-9-20)44(42,43)37(17-32(33,34)35)22-4-3-5-24(39)15-22/h3-15,25-26,30-31,38-39,41H,16-17H2,1-2H3,(H,36,40). The molecule has 0 aliphatic heterocycles. The van der Waals surface area contributed by atoms with Gasteiger partial charge in [0, 0.05) is 29.7 Å². The Morgan fingerprint density at radius 3 is 2.16 bits per heavy atom. The Hall–Kier alpha value is -4.29. The maximum Gasteiger partial charge on any atom is 0.407 e. The molecule has 0 spiro atoms. The van der Waals surface area contributed by atoms with E-state index in [9.17, 15) is 41.7 Å². The molecule has 0 radical (unpaired) electrons. The molecule has 232 valence electrons. The molecule has 3 aromatic carbocycles. The number of aromatic hydroxyl groups is 2. The minimum Gasteiger partial charge on any atom is -0.508 e. The zero-order chi connectivity index (χ0) is 32.0. The van der Waals surface area contributed by atoms with Crippen LogP contribution in [0.3, 0.4) is 0 Å². The lowest BCUT2D eigenvalue weighted by Gasteiger charge is -2.33. The van der Waals surface area contributed by atoms with Crippen molar-refractivity contribution in [2.24, 2.45) is 11.8 Å². The van der Waals surface area contributed by atoms with Crippen LogP contribution in [0.25, 0.3) is 11.1 Å². The number of hydrogen-bond acceptors (Lipinski definition) is 6. The first-order chi connectivity index (χ1) is 20.7. The molecule has 2 aliphatic rings. The van der Waals surface area contributed by atoms with Crippen LogP contribution in [0.5, 0.6) is 11.5 Å². The molecule has 1 fully saturated rings. The van der Waals surface area contributed by atoms with Gasteiger partial charge in [0.1, 0.15) is 18.0 Å².